The van der Waals surface area contributed by atoms with Crippen molar-refractivity contribution >= 4 is 5.91 Å². The van der Waals surface area contributed by atoms with Gasteiger partial charge in [-0.15, -0.1) is 0 Å². The molecule has 4 nitrogen and oxygen atoms in total. The van der Waals surface area contributed by atoms with E-state index in [1.54, 1.807) is 0 Å². The van der Waals surface area contributed by atoms with E-state index in [-0.39, 0.29) is 5.75 Å². The number of nitriles is 1. The lowest BCUT2D eigenvalue weighted by molar-refractivity contribution is -0.138. The summed E-state index contributed by atoms with van der Waals surface area (Å²) in [5.41, 5.74) is 1.96. The Bertz CT molecular complexity index is 503. The lowest BCUT2D eigenvalue weighted by Crippen LogP contribution is -2.20. The Morgan fingerprint density at radius 1 is 1.47 bits per heavy atom. The van der Waals surface area contributed by atoms with Crippen LogP contribution < -0.4 is 10.5 Å². The Kier molecular flexibility index (Phi) is 3.27. The van der Waals surface area contributed by atoms with E-state index in [4.69, 9.17) is 11.0 Å². The molecule has 1 aromatic rings. The standard InChI is InChI=1S/C10H7F3N2O2/c1-17-7-3-2-5(9(15)16)8(6(7)4-14)10(11,12)13/h2-3H,1H3,(H2,15,16). The average Bonchev–Trinajstić information content (AvgIpc) is 2.25. The molecule has 17 heavy (non-hydrogen) atoms. The number of methoxy groups -OCH3 is 1. The largest absolute Gasteiger partial charge is 0.495 e. The molecule has 1 rings (SSSR count). The lowest BCUT2D eigenvalue weighted by atomic mass is 9.99. The average molecular weight is 244 g/mol. The van der Waals surface area contributed by atoms with Gasteiger partial charge in [0, 0.05) is 0 Å². The van der Waals surface area contributed by atoms with Gasteiger partial charge in [0.05, 0.1) is 18.2 Å². The predicted octanol–water partition coefficient (Wildman–Crippen LogP) is 1.68. The molecule has 1 aromatic carbocycles. The molecule has 0 bridgehead atoms. The Morgan fingerprint density at radius 2 is 2.06 bits per heavy atom. The second kappa shape index (κ2) is 4.33. The summed E-state index contributed by atoms with van der Waals surface area (Å²) in [5, 5.41) is 8.72. The van der Waals surface area contributed by atoms with E-state index >= 15 is 0 Å². The number of hydrogen-bond acceptors (Lipinski definition) is 3. The fourth-order valence-electron chi connectivity index (χ4n) is 1.36. The van der Waals surface area contributed by atoms with Crippen molar-refractivity contribution < 1.29 is 22.7 Å². The Morgan fingerprint density at radius 3 is 2.41 bits per heavy atom. The number of rotatable bonds is 2. The number of amides is 1. The van der Waals surface area contributed by atoms with Gasteiger partial charge >= 0.3 is 6.18 Å². The number of ether oxygens (including phenoxy) is 1. The highest BCUT2D eigenvalue weighted by molar-refractivity contribution is 5.95. The first-order valence-electron chi connectivity index (χ1n) is 4.31. The molecule has 90 valence electrons. The maximum absolute atomic E-state index is 12.8. The van der Waals surface area contributed by atoms with Crippen molar-refractivity contribution in [2.24, 2.45) is 5.73 Å². The van der Waals surface area contributed by atoms with Crippen molar-refractivity contribution in [2.75, 3.05) is 7.11 Å². The van der Waals surface area contributed by atoms with E-state index in [2.05, 4.69) is 4.74 Å². The molecule has 0 radical (unpaired) electrons. The van der Waals surface area contributed by atoms with Crippen molar-refractivity contribution in [1.82, 2.24) is 0 Å². The number of halogens is 3. The lowest BCUT2D eigenvalue weighted by Gasteiger charge is -2.14. The van der Waals surface area contributed by atoms with Crippen LogP contribution in [0, 0.1) is 11.3 Å². The third-order valence-corrected chi connectivity index (χ3v) is 2.05. The van der Waals surface area contributed by atoms with Gasteiger partial charge in [-0.3, -0.25) is 4.79 Å². The fourth-order valence-corrected chi connectivity index (χ4v) is 1.36. The van der Waals surface area contributed by atoms with Gasteiger partial charge in [0.15, 0.2) is 0 Å². The van der Waals surface area contributed by atoms with Crippen LogP contribution in [0.15, 0.2) is 12.1 Å². The zero-order chi connectivity index (χ0) is 13.2. The van der Waals surface area contributed by atoms with Gasteiger partial charge in [-0.2, -0.15) is 18.4 Å². The van der Waals surface area contributed by atoms with Crippen molar-refractivity contribution in [3.63, 3.8) is 0 Å². The number of alkyl halides is 3. The van der Waals surface area contributed by atoms with Gasteiger partial charge in [0.25, 0.3) is 0 Å². The molecule has 0 spiro atoms. The SMILES string of the molecule is COc1ccc(C(N)=O)c(C(F)(F)F)c1C#N. The second-order valence-electron chi connectivity index (χ2n) is 3.04. The number of primary amides is 1. The topological polar surface area (TPSA) is 76.1 Å². The minimum Gasteiger partial charge on any atom is -0.495 e. The van der Waals surface area contributed by atoms with Crippen LogP contribution in [-0.2, 0) is 6.18 Å². The minimum absolute atomic E-state index is 0.259. The van der Waals surface area contributed by atoms with Gasteiger partial charge in [-0.05, 0) is 12.1 Å². The third kappa shape index (κ3) is 2.30. The van der Waals surface area contributed by atoms with E-state index in [1.165, 1.54) is 6.07 Å². The van der Waals surface area contributed by atoms with Crippen LogP contribution in [0.25, 0.3) is 0 Å². The third-order valence-electron chi connectivity index (χ3n) is 2.05. The molecule has 0 saturated heterocycles. The Hall–Kier alpha value is -2.23. The normalized spacial score (nSPS) is 10.8. The smallest absolute Gasteiger partial charge is 0.418 e. The molecule has 0 aromatic heterocycles. The van der Waals surface area contributed by atoms with Crippen molar-refractivity contribution in [1.29, 1.82) is 5.26 Å². The Labute approximate surface area is 94.4 Å². The molecule has 0 heterocycles. The molecule has 0 aliphatic carbocycles. The highest BCUT2D eigenvalue weighted by atomic mass is 19.4. The summed E-state index contributed by atoms with van der Waals surface area (Å²) in [4.78, 5) is 10.9. The van der Waals surface area contributed by atoms with E-state index in [0.29, 0.717) is 0 Å². The first kappa shape index (κ1) is 12.8. The molecule has 0 saturated carbocycles. The summed E-state index contributed by atoms with van der Waals surface area (Å²) in [6.07, 6.45) is -4.86. The van der Waals surface area contributed by atoms with Crippen LogP contribution in [-0.4, -0.2) is 13.0 Å². The quantitative estimate of drug-likeness (QED) is 0.859. The van der Waals surface area contributed by atoms with E-state index < -0.39 is 28.8 Å². The zero-order valence-corrected chi connectivity index (χ0v) is 8.63. The van der Waals surface area contributed by atoms with Crippen LogP contribution in [0.5, 0.6) is 5.75 Å². The first-order valence-corrected chi connectivity index (χ1v) is 4.31. The van der Waals surface area contributed by atoms with Crippen LogP contribution in [0.2, 0.25) is 0 Å². The van der Waals surface area contributed by atoms with Gasteiger partial charge in [0.1, 0.15) is 17.4 Å². The maximum atomic E-state index is 12.8. The van der Waals surface area contributed by atoms with Crippen LogP contribution in [0.1, 0.15) is 21.5 Å². The van der Waals surface area contributed by atoms with Gasteiger partial charge in [-0.25, -0.2) is 0 Å². The fraction of sp³-hybridized carbons (Fsp3) is 0.200. The molecule has 0 fully saturated rings. The summed E-state index contributed by atoms with van der Waals surface area (Å²) >= 11 is 0. The van der Waals surface area contributed by atoms with E-state index in [1.807, 2.05) is 0 Å². The van der Waals surface area contributed by atoms with E-state index in [9.17, 15) is 18.0 Å². The molecule has 1 amide bonds. The molecule has 0 aliphatic rings. The summed E-state index contributed by atoms with van der Waals surface area (Å²) in [6, 6.07) is 3.34. The number of nitrogens with two attached hydrogens (primary N) is 1. The highest BCUT2D eigenvalue weighted by Crippen LogP contribution is 2.38. The number of hydrogen-bond donors (Lipinski definition) is 1. The highest BCUT2D eigenvalue weighted by Gasteiger charge is 2.39. The zero-order valence-electron chi connectivity index (χ0n) is 8.63. The summed E-state index contributed by atoms with van der Waals surface area (Å²) in [6.45, 7) is 0. The van der Waals surface area contributed by atoms with Crippen molar-refractivity contribution in [3.8, 4) is 11.8 Å². The molecule has 2 N–H and O–H groups in total. The summed E-state index contributed by atoms with van der Waals surface area (Å²) in [5.74, 6) is -1.51. The van der Waals surface area contributed by atoms with Gasteiger partial charge in [0.2, 0.25) is 5.91 Å². The maximum Gasteiger partial charge on any atom is 0.418 e. The summed E-state index contributed by atoms with van der Waals surface area (Å²) < 4.78 is 42.9. The summed E-state index contributed by atoms with van der Waals surface area (Å²) in [7, 11) is 1.13. The number of carbonyl (C=O) groups is 1. The van der Waals surface area contributed by atoms with Gasteiger partial charge < -0.3 is 10.5 Å². The number of nitrogens with zero attached hydrogens (tertiary/aromatic N) is 1. The molecular weight excluding hydrogens is 237 g/mol. The van der Waals surface area contributed by atoms with Gasteiger partial charge in [-0.1, -0.05) is 0 Å². The minimum atomic E-state index is -4.86. The number of benzene rings is 1. The van der Waals surface area contributed by atoms with Crippen LogP contribution in [0.4, 0.5) is 13.2 Å². The Balaban J connectivity index is 3.70. The monoisotopic (exact) mass is 244 g/mol. The van der Waals surface area contributed by atoms with E-state index in [0.717, 1.165) is 19.2 Å². The molecule has 0 atom stereocenters. The van der Waals surface area contributed by atoms with Crippen molar-refractivity contribution in [3.05, 3.63) is 28.8 Å². The molecule has 0 aliphatic heterocycles. The van der Waals surface area contributed by atoms with Crippen LogP contribution >= 0.6 is 0 Å². The van der Waals surface area contributed by atoms with Crippen LogP contribution in [0.3, 0.4) is 0 Å². The second-order valence-corrected chi connectivity index (χ2v) is 3.04. The first-order chi connectivity index (χ1) is 7.82. The predicted molar refractivity (Wildman–Crippen MR) is 51.2 cm³/mol. The molecule has 7 heteroatoms. The van der Waals surface area contributed by atoms with Crippen molar-refractivity contribution in [2.45, 2.75) is 6.18 Å². The molecular formula is C10H7F3N2O2. The molecule has 0 unspecified atom stereocenters. The number of carbonyl (C=O) groups excluding carboxylic acids is 1.